The standard InChI is InChI=1S/C13H19ClF2N2/c1-9(2)17-7-10-4-5-11(6-12(10)14)18(3)8-13(15)16/h4-6,9,13,17H,7-8H2,1-3H3. The Morgan fingerprint density at radius 1 is 1.33 bits per heavy atom. The fraction of sp³-hybridized carbons (Fsp3) is 0.538. The molecule has 0 heterocycles. The van der Waals surface area contributed by atoms with Crippen LogP contribution >= 0.6 is 11.6 Å². The minimum absolute atomic E-state index is 0.292. The van der Waals surface area contributed by atoms with E-state index < -0.39 is 6.43 Å². The topological polar surface area (TPSA) is 15.3 Å². The van der Waals surface area contributed by atoms with Gasteiger partial charge < -0.3 is 10.2 Å². The summed E-state index contributed by atoms with van der Waals surface area (Å²) >= 11 is 6.14. The van der Waals surface area contributed by atoms with E-state index in [4.69, 9.17) is 11.6 Å². The maximum Gasteiger partial charge on any atom is 0.255 e. The largest absolute Gasteiger partial charge is 0.369 e. The van der Waals surface area contributed by atoms with E-state index in [0.717, 1.165) is 5.56 Å². The zero-order valence-electron chi connectivity index (χ0n) is 10.9. The van der Waals surface area contributed by atoms with Crippen LogP contribution in [0.4, 0.5) is 14.5 Å². The van der Waals surface area contributed by atoms with Gasteiger partial charge in [0.05, 0.1) is 6.54 Å². The van der Waals surface area contributed by atoms with Gasteiger partial charge in [0.2, 0.25) is 0 Å². The van der Waals surface area contributed by atoms with Gasteiger partial charge in [0.15, 0.2) is 0 Å². The van der Waals surface area contributed by atoms with Crippen molar-refractivity contribution in [1.29, 1.82) is 0 Å². The predicted molar refractivity (Wildman–Crippen MR) is 72.7 cm³/mol. The summed E-state index contributed by atoms with van der Waals surface area (Å²) in [4.78, 5) is 1.50. The normalized spacial score (nSPS) is 11.3. The van der Waals surface area contributed by atoms with E-state index >= 15 is 0 Å². The monoisotopic (exact) mass is 276 g/mol. The summed E-state index contributed by atoms with van der Waals surface area (Å²) in [5.74, 6) is 0. The minimum atomic E-state index is -2.35. The molecule has 0 radical (unpaired) electrons. The number of alkyl halides is 2. The van der Waals surface area contributed by atoms with Gasteiger partial charge in [0, 0.05) is 30.3 Å². The third-order valence-corrected chi connectivity index (χ3v) is 2.94. The molecule has 0 unspecified atom stereocenters. The average molecular weight is 277 g/mol. The summed E-state index contributed by atoms with van der Waals surface area (Å²) in [6.07, 6.45) is -2.35. The lowest BCUT2D eigenvalue weighted by Crippen LogP contribution is -2.24. The maximum atomic E-state index is 12.3. The van der Waals surface area contributed by atoms with E-state index in [1.807, 2.05) is 12.1 Å². The van der Waals surface area contributed by atoms with E-state index in [1.165, 1.54) is 4.90 Å². The molecule has 0 spiro atoms. The van der Waals surface area contributed by atoms with Gasteiger partial charge in [-0.3, -0.25) is 0 Å². The van der Waals surface area contributed by atoms with Gasteiger partial charge in [0.1, 0.15) is 0 Å². The summed E-state index contributed by atoms with van der Waals surface area (Å²) < 4.78 is 24.6. The lowest BCUT2D eigenvalue weighted by atomic mass is 10.2. The van der Waals surface area contributed by atoms with Crippen molar-refractivity contribution in [3.05, 3.63) is 28.8 Å². The molecule has 18 heavy (non-hydrogen) atoms. The van der Waals surface area contributed by atoms with Crippen LogP contribution in [0.3, 0.4) is 0 Å². The Kier molecular flexibility index (Phi) is 5.82. The van der Waals surface area contributed by atoms with Crippen molar-refractivity contribution < 1.29 is 8.78 Å². The molecule has 0 aliphatic rings. The smallest absolute Gasteiger partial charge is 0.255 e. The van der Waals surface area contributed by atoms with Gasteiger partial charge in [-0.25, -0.2) is 8.78 Å². The predicted octanol–water partition coefficient (Wildman–Crippen LogP) is 3.54. The summed E-state index contributed by atoms with van der Waals surface area (Å²) in [7, 11) is 1.63. The number of anilines is 1. The molecule has 0 aliphatic heterocycles. The Balaban J connectivity index is 2.72. The number of nitrogens with zero attached hydrogens (tertiary/aromatic N) is 1. The fourth-order valence-electron chi connectivity index (χ4n) is 1.54. The van der Waals surface area contributed by atoms with E-state index in [0.29, 0.717) is 23.3 Å². The molecule has 0 aliphatic carbocycles. The van der Waals surface area contributed by atoms with Crippen molar-refractivity contribution in [2.75, 3.05) is 18.5 Å². The summed E-state index contributed by atoms with van der Waals surface area (Å²) in [5, 5.41) is 3.86. The SMILES string of the molecule is CC(C)NCc1ccc(N(C)CC(F)F)cc1Cl. The molecule has 0 bridgehead atoms. The zero-order chi connectivity index (χ0) is 13.7. The van der Waals surface area contributed by atoms with Crippen molar-refractivity contribution in [2.45, 2.75) is 32.9 Å². The lowest BCUT2D eigenvalue weighted by molar-refractivity contribution is 0.156. The maximum absolute atomic E-state index is 12.3. The Labute approximate surface area is 112 Å². The van der Waals surface area contributed by atoms with Crippen LogP contribution in [0.1, 0.15) is 19.4 Å². The van der Waals surface area contributed by atoms with Crippen molar-refractivity contribution in [1.82, 2.24) is 5.32 Å². The van der Waals surface area contributed by atoms with Crippen LogP contribution in [0.2, 0.25) is 5.02 Å². The van der Waals surface area contributed by atoms with Gasteiger partial charge in [-0.15, -0.1) is 0 Å². The van der Waals surface area contributed by atoms with Crippen LogP contribution in [0, 0.1) is 0 Å². The summed E-state index contributed by atoms with van der Waals surface area (Å²) in [6.45, 7) is 4.49. The number of hydrogen-bond donors (Lipinski definition) is 1. The second kappa shape index (κ2) is 6.90. The number of rotatable bonds is 6. The molecule has 1 aromatic rings. The Hall–Kier alpha value is -0.870. The lowest BCUT2D eigenvalue weighted by Gasteiger charge is -2.20. The molecule has 0 saturated carbocycles. The average Bonchev–Trinajstić information content (AvgIpc) is 2.26. The van der Waals surface area contributed by atoms with Crippen molar-refractivity contribution in [3.63, 3.8) is 0 Å². The molecule has 0 aromatic heterocycles. The number of halogens is 3. The molecule has 0 atom stereocenters. The van der Waals surface area contributed by atoms with E-state index in [9.17, 15) is 8.78 Å². The van der Waals surface area contributed by atoms with Gasteiger partial charge in [-0.2, -0.15) is 0 Å². The van der Waals surface area contributed by atoms with E-state index in [1.54, 1.807) is 13.1 Å². The van der Waals surface area contributed by atoms with Gasteiger partial charge in [0.25, 0.3) is 6.43 Å². The van der Waals surface area contributed by atoms with Crippen molar-refractivity contribution >= 4 is 17.3 Å². The van der Waals surface area contributed by atoms with E-state index in [2.05, 4.69) is 19.2 Å². The first-order valence-corrected chi connectivity index (χ1v) is 6.29. The number of hydrogen-bond acceptors (Lipinski definition) is 2. The van der Waals surface area contributed by atoms with Crippen LogP contribution in [-0.4, -0.2) is 26.1 Å². The minimum Gasteiger partial charge on any atom is -0.369 e. The molecule has 0 amide bonds. The van der Waals surface area contributed by atoms with Crippen molar-refractivity contribution in [3.8, 4) is 0 Å². The molecule has 0 saturated heterocycles. The second-order valence-corrected chi connectivity index (χ2v) is 4.99. The molecule has 1 aromatic carbocycles. The molecule has 102 valence electrons. The highest BCUT2D eigenvalue weighted by molar-refractivity contribution is 6.31. The molecular formula is C13H19ClF2N2. The Morgan fingerprint density at radius 3 is 2.50 bits per heavy atom. The molecule has 1 N–H and O–H groups in total. The Morgan fingerprint density at radius 2 is 2.00 bits per heavy atom. The first-order valence-electron chi connectivity index (χ1n) is 5.91. The van der Waals surface area contributed by atoms with Crippen LogP contribution in [0.15, 0.2) is 18.2 Å². The first kappa shape index (κ1) is 15.2. The highest BCUT2D eigenvalue weighted by atomic mass is 35.5. The number of nitrogens with one attached hydrogen (secondary N) is 1. The zero-order valence-corrected chi connectivity index (χ0v) is 11.6. The highest BCUT2D eigenvalue weighted by Gasteiger charge is 2.10. The third kappa shape index (κ3) is 4.78. The molecule has 1 rings (SSSR count). The highest BCUT2D eigenvalue weighted by Crippen LogP contribution is 2.23. The Bertz CT molecular complexity index is 383. The summed E-state index contributed by atoms with van der Waals surface area (Å²) in [5.41, 5.74) is 1.67. The van der Waals surface area contributed by atoms with E-state index in [-0.39, 0.29) is 6.54 Å². The van der Waals surface area contributed by atoms with Crippen LogP contribution in [0.5, 0.6) is 0 Å². The van der Waals surface area contributed by atoms with Gasteiger partial charge >= 0.3 is 0 Å². The van der Waals surface area contributed by atoms with Gasteiger partial charge in [-0.05, 0) is 17.7 Å². The second-order valence-electron chi connectivity index (χ2n) is 4.58. The van der Waals surface area contributed by atoms with Crippen LogP contribution in [-0.2, 0) is 6.54 Å². The quantitative estimate of drug-likeness (QED) is 0.855. The third-order valence-electron chi connectivity index (χ3n) is 2.59. The first-order chi connectivity index (χ1) is 8.40. The fourth-order valence-corrected chi connectivity index (χ4v) is 1.79. The van der Waals surface area contributed by atoms with Crippen molar-refractivity contribution in [2.24, 2.45) is 0 Å². The van der Waals surface area contributed by atoms with Crippen LogP contribution < -0.4 is 10.2 Å². The number of benzene rings is 1. The molecule has 0 fully saturated rings. The molecule has 5 heteroatoms. The van der Waals surface area contributed by atoms with Gasteiger partial charge in [-0.1, -0.05) is 31.5 Å². The molecule has 2 nitrogen and oxygen atoms in total. The molecular weight excluding hydrogens is 258 g/mol. The van der Waals surface area contributed by atoms with Crippen LogP contribution in [0.25, 0.3) is 0 Å². The summed E-state index contributed by atoms with van der Waals surface area (Å²) in [6, 6.07) is 5.78.